The lowest BCUT2D eigenvalue weighted by molar-refractivity contribution is -0.154. The Morgan fingerprint density at radius 2 is 1.96 bits per heavy atom. The Balaban J connectivity index is 2.02. The number of carbonyl (C=O) groups is 1. The first-order chi connectivity index (χ1) is 12.2. The molecule has 0 saturated heterocycles. The molecule has 5 nitrogen and oxygen atoms in total. The lowest BCUT2D eigenvalue weighted by Gasteiger charge is -2.14. The highest BCUT2D eigenvalue weighted by molar-refractivity contribution is 5.96. The largest absolute Gasteiger partial charge is 0.467 e. The molecule has 0 aliphatic rings. The highest BCUT2D eigenvalue weighted by Crippen LogP contribution is 2.20. The molecule has 140 valence electrons. The fourth-order valence-electron chi connectivity index (χ4n) is 1.95. The summed E-state index contributed by atoms with van der Waals surface area (Å²) in [5.74, 6) is -3.63. The molecule has 1 aromatic carbocycles. The maximum atomic E-state index is 13.1. The second-order valence-corrected chi connectivity index (χ2v) is 5.16. The van der Waals surface area contributed by atoms with Crippen LogP contribution >= 0.6 is 0 Å². The molecule has 1 aromatic heterocycles. The average molecular weight is 376 g/mol. The van der Waals surface area contributed by atoms with E-state index in [0.717, 1.165) is 24.4 Å². The van der Waals surface area contributed by atoms with E-state index in [1.54, 1.807) is 0 Å². The van der Waals surface area contributed by atoms with Crippen molar-refractivity contribution in [1.29, 1.82) is 0 Å². The summed E-state index contributed by atoms with van der Waals surface area (Å²) in [6.07, 6.45) is -4.81. The van der Waals surface area contributed by atoms with Gasteiger partial charge >= 0.3 is 6.18 Å². The number of aliphatic hydroxyl groups excluding tert-OH is 1. The van der Waals surface area contributed by atoms with Crippen molar-refractivity contribution in [2.45, 2.75) is 12.3 Å². The Morgan fingerprint density at radius 1 is 1.23 bits per heavy atom. The second-order valence-electron chi connectivity index (χ2n) is 5.16. The van der Waals surface area contributed by atoms with Crippen molar-refractivity contribution >= 4 is 5.91 Å². The Hall–Kier alpha value is -2.75. The van der Waals surface area contributed by atoms with Gasteiger partial charge in [-0.3, -0.25) is 4.79 Å². The molecule has 0 spiro atoms. The number of alkyl halides is 3. The van der Waals surface area contributed by atoms with E-state index in [2.05, 4.69) is 15.0 Å². The van der Waals surface area contributed by atoms with Gasteiger partial charge in [0.15, 0.2) is 18.2 Å². The molecule has 10 heteroatoms. The van der Waals surface area contributed by atoms with Gasteiger partial charge in [-0.05, 0) is 29.8 Å². The van der Waals surface area contributed by atoms with Crippen LogP contribution in [0.2, 0.25) is 0 Å². The quantitative estimate of drug-likeness (QED) is 0.761. The van der Waals surface area contributed by atoms with Crippen LogP contribution in [0.4, 0.5) is 22.0 Å². The number of pyridine rings is 1. The van der Waals surface area contributed by atoms with Crippen molar-refractivity contribution in [2.75, 3.05) is 13.2 Å². The minimum atomic E-state index is -4.60. The van der Waals surface area contributed by atoms with Crippen LogP contribution in [-0.2, 0) is 0 Å². The van der Waals surface area contributed by atoms with E-state index in [1.807, 2.05) is 0 Å². The van der Waals surface area contributed by atoms with E-state index >= 15 is 0 Å². The standard InChI is InChI=1S/C16H13F5N2O3/c17-11-4-3-9(6-12(11)18)13(24)7-23-14(25)10-2-1-5-22-15(10)26-8-16(19,20)21/h1-6,13,24H,7-8H2,(H,23,25). The van der Waals surface area contributed by atoms with E-state index in [4.69, 9.17) is 0 Å². The molecular weight excluding hydrogens is 363 g/mol. The maximum absolute atomic E-state index is 13.1. The van der Waals surface area contributed by atoms with Gasteiger partial charge in [-0.25, -0.2) is 13.8 Å². The van der Waals surface area contributed by atoms with Gasteiger partial charge in [-0.1, -0.05) is 6.07 Å². The molecule has 0 aliphatic heterocycles. The summed E-state index contributed by atoms with van der Waals surface area (Å²) in [6.45, 7) is -2.01. The van der Waals surface area contributed by atoms with E-state index in [0.29, 0.717) is 0 Å². The van der Waals surface area contributed by atoms with Crippen molar-refractivity contribution in [2.24, 2.45) is 0 Å². The molecule has 1 amide bonds. The van der Waals surface area contributed by atoms with Crippen molar-refractivity contribution in [3.05, 3.63) is 59.3 Å². The number of hydrogen-bond donors (Lipinski definition) is 2. The number of amides is 1. The Bertz CT molecular complexity index is 783. The molecule has 2 N–H and O–H groups in total. The third-order valence-electron chi connectivity index (χ3n) is 3.17. The topological polar surface area (TPSA) is 71.5 Å². The number of ether oxygens (including phenoxy) is 1. The number of carbonyl (C=O) groups excluding carboxylic acids is 1. The second kappa shape index (κ2) is 8.09. The summed E-state index contributed by atoms with van der Waals surface area (Å²) in [6, 6.07) is 5.24. The van der Waals surface area contributed by atoms with Crippen LogP contribution in [0, 0.1) is 11.6 Å². The zero-order valence-electron chi connectivity index (χ0n) is 13.1. The normalized spacial score (nSPS) is 12.5. The molecule has 26 heavy (non-hydrogen) atoms. The molecule has 2 aromatic rings. The highest BCUT2D eigenvalue weighted by Gasteiger charge is 2.29. The molecule has 2 rings (SSSR count). The van der Waals surface area contributed by atoms with Gasteiger partial charge in [0.2, 0.25) is 5.88 Å². The first kappa shape index (κ1) is 19.6. The van der Waals surface area contributed by atoms with Gasteiger partial charge in [0.05, 0.1) is 6.10 Å². The average Bonchev–Trinajstić information content (AvgIpc) is 2.59. The van der Waals surface area contributed by atoms with E-state index in [-0.39, 0.29) is 11.1 Å². The molecule has 0 radical (unpaired) electrons. The van der Waals surface area contributed by atoms with Crippen molar-refractivity contribution < 1.29 is 36.6 Å². The van der Waals surface area contributed by atoms with Crippen LogP contribution in [0.3, 0.4) is 0 Å². The molecule has 0 aliphatic carbocycles. The first-order valence-electron chi connectivity index (χ1n) is 7.23. The fraction of sp³-hybridized carbons (Fsp3) is 0.250. The van der Waals surface area contributed by atoms with Crippen LogP contribution in [0.15, 0.2) is 36.5 Å². The van der Waals surface area contributed by atoms with Gasteiger partial charge < -0.3 is 15.2 Å². The lowest BCUT2D eigenvalue weighted by atomic mass is 10.1. The Labute approximate surface area is 144 Å². The Morgan fingerprint density at radius 3 is 2.62 bits per heavy atom. The zero-order chi connectivity index (χ0) is 19.3. The predicted molar refractivity (Wildman–Crippen MR) is 79.4 cm³/mol. The fourth-order valence-corrected chi connectivity index (χ4v) is 1.95. The van der Waals surface area contributed by atoms with E-state index < -0.39 is 48.9 Å². The molecule has 0 saturated carbocycles. The molecular formula is C16H13F5N2O3. The summed E-state index contributed by atoms with van der Waals surface area (Å²) in [4.78, 5) is 15.7. The van der Waals surface area contributed by atoms with Crippen LogP contribution in [0.25, 0.3) is 0 Å². The number of nitrogens with zero attached hydrogens (tertiary/aromatic N) is 1. The number of halogens is 5. The van der Waals surface area contributed by atoms with E-state index in [1.165, 1.54) is 12.1 Å². The first-order valence-corrected chi connectivity index (χ1v) is 7.23. The smallest absolute Gasteiger partial charge is 0.422 e. The van der Waals surface area contributed by atoms with Gasteiger partial charge in [0.25, 0.3) is 5.91 Å². The van der Waals surface area contributed by atoms with Gasteiger partial charge in [0.1, 0.15) is 5.56 Å². The number of aromatic nitrogens is 1. The summed E-state index contributed by atoms with van der Waals surface area (Å²) in [5, 5.41) is 12.2. The third kappa shape index (κ3) is 5.38. The van der Waals surface area contributed by atoms with Gasteiger partial charge in [-0.2, -0.15) is 13.2 Å². The van der Waals surface area contributed by atoms with Crippen LogP contribution in [0.1, 0.15) is 22.0 Å². The van der Waals surface area contributed by atoms with Crippen molar-refractivity contribution in [3.63, 3.8) is 0 Å². The summed E-state index contributed by atoms with van der Waals surface area (Å²) in [7, 11) is 0. The summed E-state index contributed by atoms with van der Waals surface area (Å²) < 4.78 is 67.2. The van der Waals surface area contributed by atoms with Crippen LogP contribution in [0.5, 0.6) is 5.88 Å². The Kier molecular flexibility index (Phi) is 6.09. The molecule has 1 atom stereocenters. The molecule has 0 fully saturated rings. The summed E-state index contributed by atoms with van der Waals surface area (Å²) >= 11 is 0. The molecule has 0 bridgehead atoms. The number of nitrogens with one attached hydrogen (secondary N) is 1. The highest BCUT2D eigenvalue weighted by atomic mass is 19.4. The zero-order valence-corrected chi connectivity index (χ0v) is 13.1. The monoisotopic (exact) mass is 376 g/mol. The van der Waals surface area contributed by atoms with Crippen molar-refractivity contribution in [3.8, 4) is 5.88 Å². The number of benzene rings is 1. The minimum Gasteiger partial charge on any atom is -0.467 e. The van der Waals surface area contributed by atoms with Crippen LogP contribution < -0.4 is 10.1 Å². The van der Waals surface area contributed by atoms with Crippen molar-refractivity contribution in [1.82, 2.24) is 10.3 Å². The van der Waals surface area contributed by atoms with Crippen LogP contribution in [-0.4, -0.2) is 35.3 Å². The maximum Gasteiger partial charge on any atom is 0.422 e. The minimum absolute atomic E-state index is 0.0175. The number of rotatable bonds is 6. The predicted octanol–water partition coefficient (Wildman–Crippen LogP) is 2.76. The lowest BCUT2D eigenvalue weighted by Crippen LogP contribution is -2.29. The van der Waals surface area contributed by atoms with Gasteiger partial charge in [0, 0.05) is 12.7 Å². The third-order valence-corrected chi connectivity index (χ3v) is 3.17. The molecule has 1 unspecified atom stereocenters. The summed E-state index contributed by atoms with van der Waals surface area (Å²) in [5.41, 5.74) is -0.252. The van der Waals surface area contributed by atoms with Gasteiger partial charge in [-0.15, -0.1) is 0 Å². The SMILES string of the molecule is O=C(NCC(O)c1ccc(F)c(F)c1)c1cccnc1OCC(F)(F)F. The number of aliphatic hydroxyl groups is 1. The van der Waals surface area contributed by atoms with E-state index in [9.17, 15) is 31.9 Å². The molecule has 1 heterocycles. The number of hydrogen-bond acceptors (Lipinski definition) is 4.